The van der Waals surface area contributed by atoms with Crippen molar-refractivity contribution in [3.05, 3.63) is 83.4 Å². The number of aryl methyl sites for hydroxylation is 1. The number of rotatable bonds is 7. The predicted molar refractivity (Wildman–Crippen MR) is 138 cm³/mol. The minimum atomic E-state index is -0.240. The van der Waals surface area contributed by atoms with Gasteiger partial charge in [0.1, 0.15) is 11.5 Å². The van der Waals surface area contributed by atoms with E-state index in [1.807, 2.05) is 54.3 Å². The van der Waals surface area contributed by atoms with Crippen molar-refractivity contribution in [3.8, 4) is 11.5 Å². The molecule has 35 heavy (non-hydrogen) atoms. The van der Waals surface area contributed by atoms with E-state index < -0.39 is 0 Å². The Kier molecular flexibility index (Phi) is 7.55. The van der Waals surface area contributed by atoms with Crippen LogP contribution in [-0.4, -0.2) is 57.1 Å². The number of piperazine rings is 1. The highest BCUT2D eigenvalue weighted by Gasteiger charge is 2.21. The molecule has 1 aliphatic rings. The fourth-order valence-electron chi connectivity index (χ4n) is 4.22. The van der Waals surface area contributed by atoms with Crippen LogP contribution in [0.25, 0.3) is 0 Å². The molecule has 4 rings (SSSR count). The third kappa shape index (κ3) is 6.12. The fourth-order valence-corrected chi connectivity index (χ4v) is 4.22. The predicted octanol–water partition coefficient (Wildman–Crippen LogP) is 4.16. The van der Waals surface area contributed by atoms with Crippen molar-refractivity contribution in [2.75, 3.05) is 50.6 Å². The summed E-state index contributed by atoms with van der Waals surface area (Å²) in [6.45, 7) is 4.98. The molecule has 1 heterocycles. The Labute approximate surface area is 206 Å². The molecular formula is C28H31N3O4. The molecule has 1 N–H and O–H groups in total. The van der Waals surface area contributed by atoms with Crippen LogP contribution < -0.4 is 19.7 Å². The second-order valence-electron chi connectivity index (χ2n) is 8.64. The van der Waals surface area contributed by atoms with Gasteiger partial charge >= 0.3 is 0 Å². The first-order valence-electron chi connectivity index (χ1n) is 11.7. The van der Waals surface area contributed by atoms with Crippen molar-refractivity contribution in [1.82, 2.24) is 4.90 Å². The normalized spacial score (nSPS) is 13.3. The lowest BCUT2D eigenvalue weighted by molar-refractivity contribution is -0.130. The topological polar surface area (TPSA) is 71.1 Å². The Morgan fingerprint density at radius 3 is 2.11 bits per heavy atom. The van der Waals surface area contributed by atoms with Crippen LogP contribution in [0.3, 0.4) is 0 Å². The molecular weight excluding hydrogens is 442 g/mol. The Morgan fingerprint density at radius 2 is 1.51 bits per heavy atom. The second kappa shape index (κ2) is 11.0. The van der Waals surface area contributed by atoms with Gasteiger partial charge in [0, 0.05) is 49.2 Å². The molecule has 182 valence electrons. The van der Waals surface area contributed by atoms with Gasteiger partial charge < -0.3 is 24.6 Å². The van der Waals surface area contributed by atoms with E-state index in [2.05, 4.69) is 16.3 Å². The van der Waals surface area contributed by atoms with E-state index in [9.17, 15) is 9.59 Å². The van der Waals surface area contributed by atoms with Crippen molar-refractivity contribution >= 4 is 23.2 Å². The Hall–Kier alpha value is -4.00. The zero-order chi connectivity index (χ0) is 24.8. The molecule has 0 atom stereocenters. The summed E-state index contributed by atoms with van der Waals surface area (Å²) < 4.78 is 10.5. The Morgan fingerprint density at radius 1 is 0.857 bits per heavy atom. The summed E-state index contributed by atoms with van der Waals surface area (Å²) in [5.41, 5.74) is 4.45. The van der Waals surface area contributed by atoms with Gasteiger partial charge in [-0.1, -0.05) is 29.8 Å². The smallest absolute Gasteiger partial charge is 0.255 e. The highest BCUT2D eigenvalue weighted by molar-refractivity contribution is 6.04. The molecule has 1 saturated heterocycles. The fraction of sp³-hybridized carbons (Fsp3) is 0.286. The number of ether oxygens (including phenoxy) is 2. The molecule has 2 amide bonds. The molecule has 3 aromatic carbocycles. The largest absolute Gasteiger partial charge is 0.497 e. The zero-order valence-electron chi connectivity index (χ0n) is 20.4. The minimum absolute atomic E-state index is 0.169. The van der Waals surface area contributed by atoms with Crippen molar-refractivity contribution in [1.29, 1.82) is 0 Å². The molecule has 0 radical (unpaired) electrons. The van der Waals surface area contributed by atoms with Gasteiger partial charge in [-0.15, -0.1) is 0 Å². The van der Waals surface area contributed by atoms with E-state index in [0.29, 0.717) is 42.3 Å². The van der Waals surface area contributed by atoms with Crippen LogP contribution in [0.15, 0.2) is 66.7 Å². The van der Waals surface area contributed by atoms with Gasteiger partial charge in [0.05, 0.1) is 20.6 Å². The van der Waals surface area contributed by atoms with Crippen molar-refractivity contribution in [2.45, 2.75) is 13.3 Å². The number of carbonyl (C=O) groups excluding carboxylic acids is 2. The number of methoxy groups -OCH3 is 2. The molecule has 7 nitrogen and oxygen atoms in total. The average Bonchev–Trinajstić information content (AvgIpc) is 2.89. The number of nitrogens with zero attached hydrogens (tertiary/aromatic N) is 2. The Balaban J connectivity index is 1.32. The lowest BCUT2D eigenvalue weighted by Gasteiger charge is -2.36. The van der Waals surface area contributed by atoms with Gasteiger partial charge in [-0.05, 0) is 48.9 Å². The first-order chi connectivity index (χ1) is 16.9. The van der Waals surface area contributed by atoms with Gasteiger partial charge in [0.15, 0.2) is 0 Å². The number of hydrogen-bond donors (Lipinski definition) is 1. The number of amides is 2. The first kappa shape index (κ1) is 24.1. The summed E-state index contributed by atoms with van der Waals surface area (Å²) in [6.07, 6.45) is 0.440. The molecule has 0 saturated carbocycles. The molecule has 3 aromatic rings. The molecule has 0 spiro atoms. The van der Waals surface area contributed by atoms with Gasteiger partial charge in [-0.2, -0.15) is 0 Å². The van der Waals surface area contributed by atoms with E-state index >= 15 is 0 Å². The SMILES string of the molecule is COc1cc(OC)cc(C(=O)Nc2ccc(N3CCN(C(=O)Cc4cccc(C)c4)CC3)cc2)c1. The van der Waals surface area contributed by atoms with E-state index in [-0.39, 0.29) is 11.8 Å². The number of benzene rings is 3. The Bertz CT molecular complexity index is 1160. The minimum Gasteiger partial charge on any atom is -0.497 e. The lowest BCUT2D eigenvalue weighted by atomic mass is 10.1. The zero-order valence-corrected chi connectivity index (χ0v) is 20.4. The molecule has 0 bridgehead atoms. The number of nitrogens with one attached hydrogen (secondary N) is 1. The van der Waals surface area contributed by atoms with Crippen molar-refractivity contribution in [3.63, 3.8) is 0 Å². The van der Waals surface area contributed by atoms with Gasteiger partial charge in [0.2, 0.25) is 5.91 Å². The maximum absolute atomic E-state index is 12.7. The molecule has 1 fully saturated rings. The van der Waals surface area contributed by atoms with E-state index in [0.717, 1.165) is 24.3 Å². The van der Waals surface area contributed by atoms with Gasteiger partial charge in [-0.3, -0.25) is 9.59 Å². The summed E-state index contributed by atoms with van der Waals surface area (Å²) in [5, 5.41) is 2.92. The molecule has 0 unspecified atom stereocenters. The van der Waals surface area contributed by atoms with E-state index in [1.54, 1.807) is 32.4 Å². The quantitative estimate of drug-likeness (QED) is 0.558. The third-order valence-corrected chi connectivity index (χ3v) is 6.17. The van der Waals surface area contributed by atoms with Crippen LogP contribution in [0.2, 0.25) is 0 Å². The maximum Gasteiger partial charge on any atom is 0.255 e. The van der Waals surface area contributed by atoms with Crippen LogP contribution in [0, 0.1) is 6.92 Å². The average molecular weight is 474 g/mol. The molecule has 0 aliphatic carbocycles. The van der Waals surface area contributed by atoms with Gasteiger partial charge in [-0.25, -0.2) is 0 Å². The molecule has 1 aliphatic heterocycles. The summed E-state index contributed by atoms with van der Waals surface area (Å²) in [6, 6.07) is 20.9. The van der Waals surface area contributed by atoms with Crippen LogP contribution in [-0.2, 0) is 11.2 Å². The number of carbonyl (C=O) groups is 2. The monoisotopic (exact) mass is 473 g/mol. The lowest BCUT2D eigenvalue weighted by Crippen LogP contribution is -2.49. The van der Waals surface area contributed by atoms with Crippen LogP contribution in [0.5, 0.6) is 11.5 Å². The number of hydrogen-bond acceptors (Lipinski definition) is 5. The van der Waals surface area contributed by atoms with Crippen LogP contribution >= 0.6 is 0 Å². The summed E-state index contributed by atoms with van der Waals surface area (Å²) in [5.74, 6) is 1.04. The second-order valence-corrected chi connectivity index (χ2v) is 8.64. The molecule has 7 heteroatoms. The van der Waals surface area contributed by atoms with E-state index in [1.165, 1.54) is 5.56 Å². The first-order valence-corrected chi connectivity index (χ1v) is 11.7. The van der Waals surface area contributed by atoms with Crippen molar-refractivity contribution in [2.24, 2.45) is 0 Å². The van der Waals surface area contributed by atoms with Crippen LogP contribution in [0.1, 0.15) is 21.5 Å². The summed E-state index contributed by atoms with van der Waals surface area (Å²) in [7, 11) is 3.10. The summed E-state index contributed by atoms with van der Waals surface area (Å²) in [4.78, 5) is 29.6. The highest BCUT2D eigenvalue weighted by atomic mass is 16.5. The number of anilines is 2. The highest BCUT2D eigenvalue weighted by Crippen LogP contribution is 2.24. The standard InChI is InChI=1S/C28H31N3O4/c1-20-5-4-6-21(15-20)16-27(32)31-13-11-30(12-14-31)24-9-7-23(8-10-24)29-28(33)22-17-25(34-2)19-26(18-22)35-3/h4-10,15,17-19H,11-14,16H2,1-3H3,(H,29,33). The third-order valence-electron chi connectivity index (χ3n) is 6.17. The summed E-state index contributed by atoms with van der Waals surface area (Å²) >= 11 is 0. The van der Waals surface area contributed by atoms with E-state index in [4.69, 9.17) is 9.47 Å². The molecule has 0 aromatic heterocycles. The van der Waals surface area contributed by atoms with Crippen LogP contribution in [0.4, 0.5) is 11.4 Å². The van der Waals surface area contributed by atoms with Gasteiger partial charge in [0.25, 0.3) is 5.91 Å². The maximum atomic E-state index is 12.7. The van der Waals surface area contributed by atoms with Crippen molar-refractivity contribution < 1.29 is 19.1 Å².